The highest BCUT2D eigenvalue weighted by Gasteiger charge is 2.45. The average molecular weight is 727 g/mol. The Balaban J connectivity index is 1.46. The number of nitrogens with one attached hydrogen (secondary N) is 3. The van der Waals surface area contributed by atoms with Gasteiger partial charge >= 0.3 is 0 Å². The monoisotopic (exact) mass is 726 g/mol. The maximum Gasteiger partial charge on any atom is 0.237 e. The molecule has 0 spiro atoms. The number of carbonyl (C=O) groups excluding carboxylic acids is 3. The normalized spacial score (nSPS) is 24.0. The van der Waals surface area contributed by atoms with E-state index in [2.05, 4.69) is 25.5 Å². The van der Waals surface area contributed by atoms with Crippen molar-refractivity contribution in [2.45, 2.75) is 114 Å². The quantitative estimate of drug-likeness (QED) is 0.144. The number of amides is 2. The van der Waals surface area contributed by atoms with Gasteiger partial charge in [0.05, 0.1) is 35.5 Å². The number of carbonyl (C=O) groups is 3. The number of aliphatic hydroxyl groups excluding tert-OH is 1. The number of H-pyrrole nitrogens is 1. The number of sulfone groups is 1. The molecule has 3 aliphatic heterocycles. The summed E-state index contributed by atoms with van der Waals surface area (Å²) in [4.78, 5) is 52.1. The number of ketones is 1. The van der Waals surface area contributed by atoms with Crippen molar-refractivity contribution in [3.63, 3.8) is 0 Å². The summed E-state index contributed by atoms with van der Waals surface area (Å²) >= 11 is 0. The van der Waals surface area contributed by atoms with Gasteiger partial charge in [-0.2, -0.15) is 0 Å². The second-order valence-corrected chi connectivity index (χ2v) is 18.1. The summed E-state index contributed by atoms with van der Waals surface area (Å²) in [5.74, 6) is -4.32. The third kappa shape index (κ3) is 10.7. The van der Waals surface area contributed by atoms with E-state index in [0.29, 0.717) is 25.1 Å². The van der Waals surface area contributed by atoms with Gasteiger partial charge in [0.2, 0.25) is 11.8 Å². The Bertz CT molecular complexity index is 1520. The summed E-state index contributed by atoms with van der Waals surface area (Å²) in [7, 11) is -3.70. The molecule has 4 heterocycles. The van der Waals surface area contributed by atoms with Crippen LogP contribution in [0.15, 0.2) is 42.9 Å². The van der Waals surface area contributed by atoms with Crippen LogP contribution in [-0.2, 0) is 37.1 Å². The zero-order valence-electron chi connectivity index (χ0n) is 30.2. The Morgan fingerprint density at radius 3 is 2.35 bits per heavy atom. The van der Waals surface area contributed by atoms with Gasteiger partial charge in [-0.15, -0.1) is 0 Å². The van der Waals surface area contributed by atoms with Crippen LogP contribution in [0.5, 0.6) is 0 Å². The number of nitrogens with zero attached hydrogens (tertiary/aromatic N) is 2. The van der Waals surface area contributed by atoms with Crippen LogP contribution >= 0.6 is 0 Å². The number of aromatic amines is 1. The first kappa shape index (κ1) is 39.1. The molecule has 12 nitrogen and oxygen atoms in total. The van der Waals surface area contributed by atoms with Crippen LogP contribution in [-0.4, -0.2) is 101 Å². The largest absolute Gasteiger partial charge is 0.390 e. The molecule has 282 valence electrons. The zero-order chi connectivity index (χ0) is 36.5. The van der Waals surface area contributed by atoms with E-state index >= 15 is 0 Å². The van der Waals surface area contributed by atoms with Crippen molar-refractivity contribution in [1.29, 1.82) is 0 Å². The predicted molar refractivity (Wildman–Crippen MR) is 196 cm³/mol. The molecule has 4 fully saturated rings. The molecular formula is C38H58N6O6S. The SMILES string of the molecule is CC(C)S(=O)(=O)CC(CCc1ccccc1)C(=O)[C@@H](C(=O)NC1CN2CCC1CC2)[C@@H](O)[C@H](CC1CCCCC1)NC(=O)[C@@H](N)Cc1cnc[nH]1. The molecule has 2 bridgehead atoms. The fourth-order valence-electron chi connectivity index (χ4n) is 8.19. The number of fused-ring (bicyclic) bond motifs is 3. The van der Waals surface area contributed by atoms with Crippen LogP contribution in [0.3, 0.4) is 0 Å². The van der Waals surface area contributed by atoms with Gasteiger partial charge in [0.25, 0.3) is 0 Å². The van der Waals surface area contributed by atoms with Crippen molar-refractivity contribution in [2.75, 3.05) is 25.4 Å². The van der Waals surface area contributed by atoms with Gasteiger partial charge < -0.3 is 31.4 Å². The van der Waals surface area contributed by atoms with Gasteiger partial charge in [0.1, 0.15) is 5.92 Å². The highest BCUT2D eigenvalue weighted by Crippen LogP contribution is 2.32. The molecule has 2 unspecified atom stereocenters. The van der Waals surface area contributed by atoms with Crippen molar-refractivity contribution in [1.82, 2.24) is 25.5 Å². The van der Waals surface area contributed by atoms with Gasteiger partial charge in [-0.25, -0.2) is 13.4 Å². The van der Waals surface area contributed by atoms with E-state index < -0.39 is 68.5 Å². The van der Waals surface area contributed by atoms with E-state index in [1.807, 2.05) is 30.3 Å². The minimum absolute atomic E-state index is 0.179. The number of aromatic nitrogens is 2. The highest BCUT2D eigenvalue weighted by molar-refractivity contribution is 7.92. The minimum Gasteiger partial charge on any atom is -0.390 e. The Morgan fingerprint density at radius 2 is 1.75 bits per heavy atom. The van der Waals surface area contributed by atoms with Crippen LogP contribution in [0, 0.1) is 23.7 Å². The third-order valence-electron chi connectivity index (χ3n) is 11.5. The summed E-state index contributed by atoms with van der Waals surface area (Å²) in [5, 5.41) is 17.7. The lowest BCUT2D eigenvalue weighted by Gasteiger charge is -2.45. The standard InChI is InChI=1S/C38H58N6O6S/c1-25(2)51(49,50)23-29(14-13-26-9-5-3-6-10-26)35(45)34(38(48)43-33-22-44-17-15-28(33)16-18-44)36(46)32(19-27-11-7-4-8-12-27)42-37(47)31(39)20-30-21-40-24-41-30/h3,5-6,9-10,21,24-25,27-29,31-34,36,46H,4,7-8,11-20,22-23,39H2,1-2H3,(H,40,41)(H,42,47)(H,43,48)/t29?,31-,32-,33?,34+,36-/m0/s1. The average Bonchev–Trinajstić information content (AvgIpc) is 3.64. The van der Waals surface area contributed by atoms with Crippen molar-refractivity contribution < 1.29 is 27.9 Å². The highest BCUT2D eigenvalue weighted by atomic mass is 32.2. The number of benzene rings is 1. The van der Waals surface area contributed by atoms with Crippen LogP contribution in [0.2, 0.25) is 0 Å². The van der Waals surface area contributed by atoms with Crippen LogP contribution < -0.4 is 16.4 Å². The molecule has 0 radical (unpaired) electrons. The molecule has 51 heavy (non-hydrogen) atoms. The first-order valence-electron chi connectivity index (χ1n) is 18.9. The first-order valence-corrected chi connectivity index (χ1v) is 20.7. The fraction of sp³-hybridized carbons (Fsp3) is 0.684. The Kier molecular flexibility index (Phi) is 13.9. The van der Waals surface area contributed by atoms with E-state index in [1.54, 1.807) is 20.0 Å². The van der Waals surface area contributed by atoms with Gasteiger partial charge in [-0.1, -0.05) is 62.4 Å². The number of imidazole rings is 1. The molecule has 1 aromatic heterocycles. The van der Waals surface area contributed by atoms with E-state index in [-0.39, 0.29) is 30.7 Å². The van der Waals surface area contributed by atoms with Gasteiger partial charge in [0, 0.05) is 36.8 Å². The van der Waals surface area contributed by atoms with Crippen LogP contribution in [0.4, 0.5) is 0 Å². The van der Waals surface area contributed by atoms with Gasteiger partial charge in [-0.05, 0) is 76.4 Å². The number of nitrogens with two attached hydrogens (primary N) is 1. The molecule has 2 amide bonds. The number of aryl methyl sites for hydroxylation is 1. The summed E-state index contributed by atoms with van der Waals surface area (Å²) in [6.45, 7) is 5.76. The van der Waals surface area contributed by atoms with Crippen molar-refractivity contribution in [2.24, 2.45) is 29.4 Å². The lowest BCUT2D eigenvalue weighted by Crippen LogP contribution is -2.61. The topological polar surface area (TPSA) is 188 Å². The number of aliphatic hydroxyl groups is 1. The van der Waals surface area contributed by atoms with Gasteiger partial charge in [-0.3, -0.25) is 14.4 Å². The summed E-state index contributed by atoms with van der Waals surface area (Å²) in [6.07, 6.45) is 9.56. The molecule has 1 aliphatic carbocycles. The third-order valence-corrected chi connectivity index (χ3v) is 13.8. The lowest BCUT2D eigenvalue weighted by molar-refractivity contribution is -0.144. The van der Waals surface area contributed by atoms with Gasteiger partial charge in [0.15, 0.2) is 15.6 Å². The van der Waals surface area contributed by atoms with E-state index in [4.69, 9.17) is 5.73 Å². The summed E-state index contributed by atoms with van der Waals surface area (Å²) in [5.41, 5.74) is 7.95. The molecule has 6 N–H and O–H groups in total. The molecule has 2 aromatic rings. The molecule has 1 saturated carbocycles. The zero-order valence-corrected chi connectivity index (χ0v) is 31.0. The van der Waals surface area contributed by atoms with E-state index in [9.17, 15) is 27.9 Å². The van der Waals surface area contributed by atoms with Crippen LogP contribution in [0.1, 0.15) is 82.9 Å². The number of hydrogen-bond acceptors (Lipinski definition) is 9. The summed E-state index contributed by atoms with van der Waals surface area (Å²) < 4.78 is 26.7. The first-order chi connectivity index (χ1) is 24.4. The lowest BCUT2D eigenvalue weighted by atomic mass is 9.78. The number of piperidine rings is 3. The van der Waals surface area contributed by atoms with E-state index in [0.717, 1.165) is 63.6 Å². The minimum atomic E-state index is -3.70. The molecule has 6 rings (SSSR count). The molecular weight excluding hydrogens is 669 g/mol. The number of rotatable bonds is 18. The Morgan fingerprint density at radius 1 is 1.04 bits per heavy atom. The van der Waals surface area contributed by atoms with Crippen molar-refractivity contribution in [3.8, 4) is 0 Å². The predicted octanol–water partition coefficient (Wildman–Crippen LogP) is 2.56. The summed E-state index contributed by atoms with van der Waals surface area (Å²) in [6, 6.07) is 7.43. The second-order valence-electron chi connectivity index (χ2n) is 15.5. The Hall–Kier alpha value is -3.13. The molecule has 3 saturated heterocycles. The fourth-order valence-corrected chi connectivity index (χ4v) is 9.46. The second kappa shape index (κ2) is 18.1. The Labute approximate surface area is 303 Å². The molecule has 13 heteroatoms. The molecule has 1 aromatic carbocycles. The molecule has 6 atom stereocenters. The smallest absolute Gasteiger partial charge is 0.237 e. The maximum absolute atomic E-state index is 14.8. The van der Waals surface area contributed by atoms with Crippen molar-refractivity contribution >= 4 is 27.4 Å². The maximum atomic E-state index is 14.8. The van der Waals surface area contributed by atoms with Crippen LogP contribution in [0.25, 0.3) is 0 Å². The molecule has 4 aliphatic rings. The van der Waals surface area contributed by atoms with E-state index in [1.165, 1.54) is 6.33 Å². The number of hydrogen-bond donors (Lipinski definition) is 5. The number of Topliss-reactive ketones (excluding diaryl/α,β-unsaturated/α-hetero) is 1. The van der Waals surface area contributed by atoms with Crippen molar-refractivity contribution in [3.05, 3.63) is 54.1 Å².